The summed E-state index contributed by atoms with van der Waals surface area (Å²) in [5, 5.41) is 11.4. The van der Waals surface area contributed by atoms with Gasteiger partial charge in [-0.2, -0.15) is 0 Å². The van der Waals surface area contributed by atoms with Crippen LogP contribution in [0.4, 0.5) is 11.4 Å². The summed E-state index contributed by atoms with van der Waals surface area (Å²) in [6, 6.07) is 41.8. The van der Waals surface area contributed by atoms with Gasteiger partial charge in [-0.05, 0) is 69.1 Å². The standard InChI is InChI=1S/C38H36N2O4/c1-41-25-43-35-19-13-29-21-31(39-23-27-9-5-3-6-10-27)15-17-33(29)37(35)38-34-18-16-32(40-24-28-11-7-4-8-12-28)22-30(34)14-20-36(38)44-26-42-2/h3-22,39-40H,23-26H2,1-2H3. The second-order valence-electron chi connectivity index (χ2n) is 10.5. The molecule has 0 unspecified atom stereocenters. The number of anilines is 2. The maximum absolute atomic E-state index is 6.17. The molecule has 0 spiro atoms. The number of rotatable bonds is 13. The number of fused-ring (bicyclic) bond motifs is 2. The van der Waals surface area contributed by atoms with E-state index in [2.05, 4.69) is 108 Å². The molecule has 0 atom stereocenters. The maximum atomic E-state index is 6.17. The molecule has 6 nitrogen and oxygen atoms in total. The minimum absolute atomic E-state index is 0.127. The van der Waals surface area contributed by atoms with Crippen LogP contribution in [-0.4, -0.2) is 27.8 Å². The van der Waals surface area contributed by atoms with Gasteiger partial charge in [0, 0.05) is 49.8 Å². The molecule has 0 aliphatic heterocycles. The lowest BCUT2D eigenvalue weighted by atomic mass is 9.91. The Morgan fingerprint density at radius 2 is 0.909 bits per heavy atom. The van der Waals surface area contributed by atoms with Crippen molar-refractivity contribution >= 4 is 32.9 Å². The Bertz CT molecular complexity index is 1700. The van der Waals surface area contributed by atoms with Crippen LogP contribution in [0.2, 0.25) is 0 Å². The van der Waals surface area contributed by atoms with Crippen LogP contribution >= 0.6 is 0 Å². The van der Waals surface area contributed by atoms with Crippen LogP contribution in [0.5, 0.6) is 11.5 Å². The third kappa shape index (κ3) is 6.62. The second kappa shape index (κ2) is 14.0. The van der Waals surface area contributed by atoms with Crippen molar-refractivity contribution in [1.82, 2.24) is 0 Å². The quantitative estimate of drug-likeness (QED) is 0.132. The van der Waals surface area contributed by atoms with Crippen LogP contribution in [-0.2, 0) is 22.6 Å². The molecule has 0 saturated heterocycles. The first kappa shape index (κ1) is 29.1. The van der Waals surface area contributed by atoms with E-state index in [-0.39, 0.29) is 13.6 Å². The van der Waals surface area contributed by atoms with Gasteiger partial charge in [0.25, 0.3) is 0 Å². The van der Waals surface area contributed by atoms with E-state index in [4.69, 9.17) is 18.9 Å². The van der Waals surface area contributed by atoms with E-state index < -0.39 is 0 Å². The highest BCUT2D eigenvalue weighted by Crippen LogP contribution is 2.46. The SMILES string of the molecule is COCOc1ccc2cc(NCc3ccccc3)ccc2c1-c1c(OCOC)ccc2cc(NCc3ccccc3)ccc12. The Labute approximate surface area is 258 Å². The van der Waals surface area contributed by atoms with Crippen molar-refractivity contribution in [2.75, 3.05) is 38.4 Å². The number of hydrogen-bond donors (Lipinski definition) is 2. The first-order chi connectivity index (χ1) is 21.7. The first-order valence-corrected chi connectivity index (χ1v) is 14.7. The van der Waals surface area contributed by atoms with E-state index in [0.29, 0.717) is 11.5 Å². The number of benzene rings is 6. The van der Waals surface area contributed by atoms with Crippen molar-refractivity contribution < 1.29 is 18.9 Å². The predicted octanol–water partition coefficient (Wildman–Crippen LogP) is 8.85. The lowest BCUT2D eigenvalue weighted by Gasteiger charge is -2.20. The summed E-state index contributed by atoms with van der Waals surface area (Å²) >= 11 is 0. The molecule has 0 saturated carbocycles. The van der Waals surface area contributed by atoms with Gasteiger partial charge in [0.15, 0.2) is 13.6 Å². The molecule has 6 rings (SSSR count). The molecule has 0 fully saturated rings. The molecule has 0 aliphatic carbocycles. The molecule has 0 bridgehead atoms. The molecular weight excluding hydrogens is 548 g/mol. The molecule has 0 amide bonds. The molecule has 44 heavy (non-hydrogen) atoms. The van der Waals surface area contributed by atoms with Gasteiger partial charge in [0.1, 0.15) is 11.5 Å². The number of methoxy groups -OCH3 is 2. The molecule has 0 radical (unpaired) electrons. The lowest BCUT2D eigenvalue weighted by molar-refractivity contribution is 0.0502. The summed E-state index contributed by atoms with van der Waals surface area (Å²) in [6.45, 7) is 1.74. The highest BCUT2D eigenvalue weighted by molar-refractivity contribution is 6.10. The monoisotopic (exact) mass is 584 g/mol. The average molecular weight is 585 g/mol. The van der Waals surface area contributed by atoms with E-state index in [1.807, 2.05) is 24.3 Å². The van der Waals surface area contributed by atoms with E-state index in [1.165, 1.54) is 11.1 Å². The Kier molecular flexibility index (Phi) is 9.21. The average Bonchev–Trinajstić information content (AvgIpc) is 3.08. The Morgan fingerprint density at radius 3 is 1.32 bits per heavy atom. The van der Waals surface area contributed by atoms with Crippen LogP contribution in [0.25, 0.3) is 32.7 Å². The fourth-order valence-corrected chi connectivity index (χ4v) is 5.44. The van der Waals surface area contributed by atoms with Gasteiger partial charge in [0.05, 0.1) is 0 Å². The highest BCUT2D eigenvalue weighted by atomic mass is 16.7. The fraction of sp³-hybridized carbons (Fsp3) is 0.158. The van der Waals surface area contributed by atoms with E-state index >= 15 is 0 Å². The third-order valence-electron chi connectivity index (χ3n) is 7.56. The molecule has 6 aromatic carbocycles. The van der Waals surface area contributed by atoms with Gasteiger partial charge in [-0.3, -0.25) is 0 Å². The molecule has 0 aliphatic rings. The van der Waals surface area contributed by atoms with Crippen LogP contribution in [0.15, 0.2) is 121 Å². The van der Waals surface area contributed by atoms with Crippen molar-refractivity contribution in [3.63, 3.8) is 0 Å². The Balaban J connectivity index is 1.44. The zero-order valence-corrected chi connectivity index (χ0v) is 25.0. The summed E-state index contributed by atoms with van der Waals surface area (Å²) in [7, 11) is 3.25. The summed E-state index contributed by atoms with van der Waals surface area (Å²) in [5.74, 6) is 1.43. The second-order valence-corrected chi connectivity index (χ2v) is 10.5. The van der Waals surface area contributed by atoms with Crippen molar-refractivity contribution in [2.24, 2.45) is 0 Å². The van der Waals surface area contributed by atoms with Crippen molar-refractivity contribution in [1.29, 1.82) is 0 Å². The number of nitrogens with one attached hydrogen (secondary N) is 2. The molecule has 2 N–H and O–H groups in total. The smallest absolute Gasteiger partial charge is 0.188 e. The molecule has 0 heterocycles. The molecule has 6 aromatic rings. The van der Waals surface area contributed by atoms with Gasteiger partial charge in [-0.1, -0.05) is 84.9 Å². The Morgan fingerprint density at radius 1 is 0.477 bits per heavy atom. The van der Waals surface area contributed by atoms with Crippen LogP contribution in [0, 0.1) is 0 Å². The zero-order valence-electron chi connectivity index (χ0n) is 25.0. The Hall–Kier alpha value is -5.04. The van der Waals surface area contributed by atoms with Crippen LogP contribution in [0.1, 0.15) is 11.1 Å². The third-order valence-corrected chi connectivity index (χ3v) is 7.56. The predicted molar refractivity (Wildman–Crippen MR) is 179 cm³/mol. The van der Waals surface area contributed by atoms with Crippen molar-refractivity contribution in [3.8, 4) is 22.6 Å². The molecule has 6 heteroatoms. The summed E-state index contributed by atoms with van der Waals surface area (Å²) in [4.78, 5) is 0. The van der Waals surface area contributed by atoms with E-state index in [0.717, 1.165) is 57.1 Å². The topological polar surface area (TPSA) is 61.0 Å². The minimum Gasteiger partial charge on any atom is -0.467 e. The van der Waals surface area contributed by atoms with Gasteiger partial charge in [-0.15, -0.1) is 0 Å². The van der Waals surface area contributed by atoms with Gasteiger partial charge in [0.2, 0.25) is 0 Å². The lowest BCUT2D eigenvalue weighted by Crippen LogP contribution is -2.04. The highest BCUT2D eigenvalue weighted by Gasteiger charge is 2.20. The van der Waals surface area contributed by atoms with E-state index in [9.17, 15) is 0 Å². The van der Waals surface area contributed by atoms with E-state index in [1.54, 1.807) is 14.2 Å². The fourth-order valence-electron chi connectivity index (χ4n) is 5.44. The minimum atomic E-state index is 0.127. The maximum Gasteiger partial charge on any atom is 0.188 e. The zero-order chi connectivity index (χ0) is 30.1. The van der Waals surface area contributed by atoms with Crippen molar-refractivity contribution in [3.05, 3.63) is 132 Å². The number of hydrogen-bond acceptors (Lipinski definition) is 6. The van der Waals surface area contributed by atoms with Crippen LogP contribution in [0.3, 0.4) is 0 Å². The largest absolute Gasteiger partial charge is 0.467 e. The summed E-state index contributed by atoms with van der Waals surface area (Å²) < 4.78 is 23.0. The van der Waals surface area contributed by atoms with Gasteiger partial charge < -0.3 is 29.6 Å². The van der Waals surface area contributed by atoms with Gasteiger partial charge >= 0.3 is 0 Å². The van der Waals surface area contributed by atoms with Crippen molar-refractivity contribution in [2.45, 2.75) is 13.1 Å². The molecule has 0 aromatic heterocycles. The van der Waals surface area contributed by atoms with Gasteiger partial charge in [-0.25, -0.2) is 0 Å². The normalized spacial score (nSPS) is 11.0. The number of ether oxygens (including phenoxy) is 4. The summed E-state index contributed by atoms with van der Waals surface area (Å²) in [6.07, 6.45) is 0. The molecular formula is C38H36N2O4. The molecule has 222 valence electrons. The summed E-state index contributed by atoms with van der Waals surface area (Å²) in [5.41, 5.74) is 6.42. The first-order valence-electron chi connectivity index (χ1n) is 14.7. The van der Waals surface area contributed by atoms with Crippen LogP contribution < -0.4 is 20.1 Å².